The number of thiazole rings is 1. The second-order valence-corrected chi connectivity index (χ2v) is 5.44. The molecule has 0 aliphatic carbocycles. The maximum absolute atomic E-state index is 11.8. The van der Waals surface area contributed by atoms with Gasteiger partial charge >= 0.3 is 6.03 Å². The van der Waals surface area contributed by atoms with E-state index in [1.54, 1.807) is 0 Å². The number of nitrogens with zero attached hydrogens (tertiary/aromatic N) is 2. The molecule has 1 aromatic rings. The molecule has 1 fully saturated rings. The minimum atomic E-state index is -0.530. The molecule has 0 radical (unpaired) electrons. The first kappa shape index (κ1) is 13.5. The van der Waals surface area contributed by atoms with Crippen molar-refractivity contribution in [1.82, 2.24) is 15.2 Å². The van der Waals surface area contributed by atoms with Crippen molar-refractivity contribution in [3.8, 4) is 0 Å². The van der Waals surface area contributed by atoms with Crippen LogP contribution in [-0.2, 0) is 9.59 Å². The van der Waals surface area contributed by atoms with Gasteiger partial charge in [-0.2, -0.15) is 0 Å². The number of nitrogens with one attached hydrogen (secondary N) is 2. The fraction of sp³-hybridized carbons (Fsp3) is 0.455. The van der Waals surface area contributed by atoms with E-state index in [4.69, 9.17) is 0 Å². The molecule has 1 aliphatic heterocycles. The molecule has 0 bridgehead atoms. The summed E-state index contributed by atoms with van der Waals surface area (Å²) >= 11 is 1.39. The molecular formula is C11H14N4O3S. The number of carbonyl (C=O) groups excluding carboxylic acids is 3. The third-order valence-corrected chi connectivity index (χ3v) is 3.74. The molecule has 102 valence electrons. The monoisotopic (exact) mass is 282 g/mol. The van der Waals surface area contributed by atoms with Crippen molar-refractivity contribution in [2.45, 2.75) is 20.3 Å². The third-order valence-electron chi connectivity index (χ3n) is 2.75. The molecule has 4 amide bonds. The molecule has 0 saturated carbocycles. The second kappa shape index (κ2) is 5.35. The summed E-state index contributed by atoms with van der Waals surface area (Å²) in [4.78, 5) is 40.7. The molecule has 0 unspecified atom stereocenters. The summed E-state index contributed by atoms with van der Waals surface area (Å²) in [6.45, 7) is 3.96. The Kier molecular flexibility index (Phi) is 3.79. The highest BCUT2D eigenvalue weighted by molar-refractivity contribution is 7.15. The van der Waals surface area contributed by atoms with Crippen molar-refractivity contribution in [3.63, 3.8) is 0 Å². The Morgan fingerprint density at radius 2 is 2.21 bits per heavy atom. The van der Waals surface area contributed by atoms with E-state index in [2.05, 4.69) is 15.6 Å². The highest BCUT2D eigenvalue weighted by Crippen LogP contribution is 2.20. The molecule has 2 rings (SSSR count). The van der Waals surface area contributed by atoms with Gasteiger partial charge in [-0.3, -0.25) is 14.9 Å². The molecule has 0 aromatic carbocycles. The van der Waals surface area contributed by atoms with Crippen LogP contribution in [0, 0.1) is 13.8 Å². The number of anilines is 1. The van der Waals surface area contributed by atoms with Crippen LogP contribution in [0.15, 0.2) is 0 Å². The molecule has 8 heteroatoms. The molecule has 1 aliphatic rings. The van der Waals surface area contributed by atoms with Gasteiger partial charge < -0.3 is 10.2 Å². The highest BCUT2D eigenvalue weighted by atomic mass is 32.1. The van der Waals surface area contributed by atoms with Crippen LogP contribution >= 0.6 is 11.3 Å². The summed E-state index contributed by atoms with van der Waals surface area (Å²) < 4.78 is 0. The zero-order chi connectivity index (χ0) is 14.0. The number of aryl methyl sites for hydroxylation is 2. The first-order valence-electron chi connectivity index (χ1n) is 5.78. The zero-order valence-electron chi connectivity index (χ0n) is 10.6. The van der Waals surface area contributed by atoms with Gasteiger partial charge in [0.1, 0.15) is 6.54 Å². The van der Waals surface area contributed by atoms with E-state index in [0.29, 0.717) is 5.13 Å². The summed E-state index contributed by atoms with van der Waals surface area (Å²) in [7, 11) is 0. The molecule has 1 saturated heterocycles. The number of urea groups is 1. The maximum atomic E-state index is 11.8. The Labute approximate surface area is 114 Å². The molecule has 1 aromatic heterocycles. The average molecular weight is 282 g/mol. The average Bonchev–Trinajstić information content (AvgIpc) is 2.62. The standard InChI is InChI=1S/C11H14N4O3S/c1-6-7(2)19-10(12-6)13-9(17)5-15-4-3-8(16)14-11(15)18/h3-5H2,1-2H3,(H,12,13,17)(H,14,16,18). The normalized spacial score (nSPS) is 15.4. The van der Waals surface area contributed by atoms with Crippen LogP contribution < -0.4 is 10.6 Å². The first-order valence-corrected chi connectivity index (χ1v) is 6.60. The van der Waals surface area contributed by atoms with Crippen molar-refractivity contribution in [1.29, 1.82) is 0 Å². The zero-order valence-corrected chi connectivity index (χ0v) is 11.5. The number of rotatable bonds is 3. The molecule has 2 heterocycles. The van der Waals surface area contributed by atoms with Gasteiger partial charge in [0.15, 0.2) is 5.13 Å². The van der Waals surface area contributed by atoms with Gasteiger partial charge in [0.2, 0.25) is 11.8 Å². The van der Waals surface area contributed by atoms with Crippen LogP contribution in [0.2, 0.25) is 0 Å². The van der Waals surface area contributed by atoms with Gasteiger partial charge in [-0.05, 0) is 13.8 Å². The molecule has 0 spiro atoms. The van der Waals surface area contributed by atoms with E-state index in [1.807, 2.05) is 13.8 Å². The van der Waals surface area contributed by atoms with Crippen molar-refractivity contribution >= 4 is 34.3 Å². The van der Waals surface area contributed by atoms with Crippen LogP contribution in [0.1, 0.15) is 17.0 Å². The van der Waals surface area contributed by atoms with E-state index in [-0.39, 0.29) is 31.3 Å². The Balaban J connectivity index is 1.91. The molecular weight excluding hydrogens is 268 g/mol. The Hall–Kier alpha value is -1.96. The Bertz CT molecular complexity index is 521. The van der Waals surface area contributed by atoms with Crippen molar-refractivity contribution < 1.29 is 14.4 Å². The van der Waals surface area contributed by atoms with Crippen LogP contribution in [-0.4, -0.2) is 40.8 Å². The van der Waals surface area contributed by atoms with E-state index < -0.39 is 6.03 Å². The minimum Gasteiger partial charge on any atom is -0.315 e. The van der Waals surface area contributed by atoms with Gasteiger partial charge in [-0.25, -0.2) is 9.78 Å². The van der Waals surface area contributed by atoms with Crippen molar-refractivity contribution in [2.24, 2.45) is 0 Å². The fourth-order valence-electron chi connectivity index (χ4n) is 1.61. The summed E-state index contributed by atoms with van der Waals surface area (Å²) in [6.07, 6.45) is 0.217. The topological polar surface area (TPSA) is 91.4 Å². The van der Waals surface area contributed by atoms with Gasteiger partial charge in [0, 0.05) is 17.8 Å². The summed E-state index contributed by atoms with van der Waals surface area (Å²) in [5.41, 5.74) is 0.876. The number of carbonyl (C=O) groups is 3. The van der Waals surface area contributed by atoms with E-state index in [9.17, 15) is 14.4 Å². The SMILES string of the molecule is Cc1nc(NC(=O)CN2CCC(=O)NC2=O)sc1C. The van der Waals surface area contributed by atoms with Gasteiger partial charge in [-0.15, -0.1) is 11.3 Å². The van der Waals surface area contributed by atoms with Gasteiger partial charge in [0.05, 0.1) is 5.69 Å². The largest absolute Gasteiger partial charge is 0.324 e. The predicted octanol–water partition coefficient (Wildman–Crippen LogP) is 0.640. The number of aromatic nitrogens is 1. The molecule has 2 N–H and O–H groups in total. The van der Waals surface area contributed by atoms with Crippen molar-refractivity contribution in [3.05, 3.63) is 10.6 Å². The molecule has 19 heavy (non-hydrogen) atoms. The quantitative estimate of drug-likeness (QED) is 0.851. The lowest BCUT2D eigenvalue weighted by Gasteiger charge is -2.25. The lowest BCUT2D eigenvalue weighted by atomic mass is 10.3. The number of imide groups is 1. The van der Waals surface area contributed by atoms with Crippen LogP contribution in [0.3, 0.4) is 0 Å². The number of hydrogen-bond acceptors (Lipinski definition) is 5. The minimum absolute atomic E-state index is 0.0865. The number of hydrogen-bond donors (Lipinski definition) is 2. The molecule has 7 nitrogen and oxygen atoms in total. The first-order chi connectivity index (χ1) is 8.95. The van der Waals surface area contributed by atoms with Crippen LogP contribution in [0.4, 0.5) is 9.93 Å². The predicted molar refractivity (Wildman–Crippen MR) is 69.9 cm³/mol. The molecule has 0 atom stereocenters. The summed E-state index contributed by atoms with van der Waals surface area (Å²) in [5.74, 6) is -0.633. The smallest absolute Gasteiger partial charge is 0.315 e. The van der Waals surface area contributed by atoms with Gasteiger partial charge in [-0.1, -0.05) is 0 Å². The maximum Gasteiger partial charge on any atom is 0.324 e. The Morgan fingerprint density at radius 1 is 1.47 bits per heavy atom. The van der Waals surface area contributed by atoms with Crippen LogP contribution in [0.5, 0.6) is 0 Å². The van der Waals surface area contributed by atoms with E-state index >= 15 is 0 Å². The van der Waals surface area contributed by atoms with Gasteiger partial charge in [0.25, 0.3) is 0 Å². The number of amides is 4. The van der Waals surface area contributed by atoms with Crippen LogP contribution in [0.25, 0.3) is 0 Å². The van der Waals surface area contributed by atoms with E-state index in [1.165, 1.54) is 16.2 Å². The lowest BCUT2D eigenvalue weighted by Crippen LogP contribution is -2.51. The highest BCUT2D eigenvalue weighted by Gasteiger charge is 2.24. The third kappa shape index (κ3) is 3.28. The lowest BCUT2D eigenvalue weighted by molar-refractivity contribution is -0.123. The summed E-state index contributed by atoms with van der Waals surface area (Å²) in [6, 6.07) is -0.530. The fourth-order valence-corrected chi connectivity index (χ4v) is 2.44. The second-order valence-electron chi connectivity index (χ2n) is 4.23. The Morgan fingerprint density at radius 3 is 2.79 bits per heavy atom. The summed E-state index contributed by atoms with van der Waals surface area (Å²) in [5, 5.41) is 5.33. The van der Waals surface area contributed by atoms with E-state index in [0.717, 1.165) is 10.6 Å². The van der Waals surface area contributed by atoms with Crippen molar-refractivity contribution in [2.75, 3.05) is 18.4 Å².